The second-order valence-corrected chi connectivity index (χ2v) is 7.03. The molecule has 5 heteroatoms. The van der Waals surface area contributed by atoms with E-state index in [0.717, 1.165) is 11.4 Å². The second kappa shape index (κ2) is 6.48. The van der Waals surface area contributed by atoms with Crippen molar-refractivity contribution in [1.29, 1.82) is 0 Å². The summed E-state index contributed by atoms with van der Waals surface area (Å²) in [7, 11) is 1.98. The number of nitrogens with zero attached hydrogens (tertiary/aromatic N) is 1. The van der Waals surface area contributed by atoms with E-state index < -0.39 is 0 Å². The summed E-state index contributed by atoms with van der Waals surface area (Å²) < 4.78 is 0. The summed E-state index contributed by atoms with van der Waals surface area (Å²) in [5.74, 6) is -0.112. The number of hydrogen-bond acceptors (Lipinski definition) is 2. The molecule has 5 nitrogen and oxygen atoms in total. The van der Waals surface area contributed by atoms with Gasteiger partial charge in [-0.25, -0.2) is 4.79 Å². The van der Waals surface area contributed by atoms with Crippen molar-refractivity contribution in [3.63, 3.8) is 0 Å². The predicted octanol–water partition coefficient (Wildman–Crippen LogP) is 0.551. The lowest BCUT2D eigenvalue weighted by atomic mass is 9.87. The van der Waals surface area contributed by atoms with Crippen LogP contribution in [0.3, 0.4) is 0 Å². The number of amides is 3. The van der Waals surface area contributed by atoms with Gasteiger partial charge in [0.1, 0.15) is 6.54 Å². The number of carbonyl (C=O) groups is 2. The van der Waals surface area contributed by atoms with E-state index in [4.69, 9.17) is 0 Å². The molecule has 2 rings (SSSR count). The molecule has 22 heavy (non-hydrogen) atoms. The first kappa shape index (κ1) is 16.5. The molecule has 1 fully saturated rings. The standard InChI is InChI=1S/C17H25N3O2/c1-17(2,3)14-7-5-13(6-8-14)11-19(4)12-15(21)20-10-9-18-16(20)22/h5-8H,9-12H2,1-4H3,(H,18,22)/p+1. The van der Waals surface area contributed by atoms with Gasteiger partial charge in [-0.1, -0.05) is 45.0 Å². The van der Waals surface area contributed by atoms with Gasteiger partial charge in [0.05, 0.1) is 7.05 Å². The van der Waals surface area contributed by atoms with E-state index >= 15 is 0 Å². The van der Waals surface area contributed by atoms with E-state index in [1.165, 1.54) is 16.0 Å². The average Bonchev–Trinajstić information content (AvgIpc) is 2.84. The molecule has 0 radical (unpaired) electrons. The first-order valence-corrected chi connectivity index (χ1v) is 7.76. The minimum atomic E-state index is -0.271. The fourth-order valence-corrected chi connectivity index (χ4v) is 2.60. The molecule has 1 aromatic rings. The first-order chi connectivity index (χ1) is 10.3. The largest absolute Gasteiger partial charge is 0.336 e. The van der Waals surface area contributed by atoms with Crippen LogP contribution in [0.4, 0.5) is 4.79 Å². The third kappa shape index (κ3) is 4.07. The van der Waals surface area contributed by atoms with Gasteiger partial charge in [-0.15, -0.1) is 0 Å². The van der Waals surface area contributed by atoms with E-state index in [2.05, 4.69) is 50.4 Å². The minimum absolute atomic E-state index is 0.112. The zero-order valence-corrected chi connectivity index (χ0v) is 13.9. The Morgan fingerprint density at radius 1 is 1.27 bits per heavy atom. The van der Waals surface area contributed by atoms with Crippen LogP contribution in [0.5, 0.6) is 0 Å². The summed E-state index contributed by atoms with van der Waals surface area (Å²) in [5, 5.41) is 2.65. The first-order valence-electron chi connectivity index (χ1n) is 7.76. The van der Waals surface area contributed by atoms with E-state index in [1.807, 2.05) is 7.05 Å². The Kier molecular flexibility index (Phi) is 4.86. The van der Waals surface area contributed by atoms with Gasteiger partial charge in [-0.3, -0.25) is 9.69 Å². The molecule has 0 bridgehead atoms. The number of hydrogen-bond donors (Lipinski definition) is 2. The maximum Gasteiger partial charge on any atom is 0.324 e. The molecule has 120 valence electrons. The van der Waals surface area contributed by atoms with Crippen molar-refractivity contribution in [3.05, 3.63) is 35.4 Å². The summed E-state index contributed by atoms with van der Waals surface area (Å²) in [6.45, 7) is 8.71. The van der Waals surface area contributed by atoms with Crippen molar-refractivity contribution >= 4 is 11.9 Å². The lowest BCUT2D eigenvalue weighted by Crippen LogP contribution is -3.08. The van der Waals surface area contributed by atoms with Crippen LogP contribution < -0.4 is 10.2 Å². The summed E-state index contributed by atoms with van der Waals surface area (Å²) in [6.07, 6.45) is 0. The number of urea groups is 1. The van der Waals surface area contributed by atoms with E-state index in [0.29, 0.717) is 19.6 Å². The van der Waals surface area contributed by atoms with Gasteiger partial charge in [0, 0.05) is 18.7 Å². The number of benzene rings is 1. The fourth-order valence-electron chi connectivity index (χ4n) is 2.60. The molecule has 3 amide bonds. The molecule has 2 N–H and O–H groups in total. The van der Waals surface area contributed by atoms with Gasteiger partial charge in [0.25, 0.3) is 5.91 Å². The topological polar surface area (TPSA) is 53.9 Å². The Morgan fingerprint density at radius 2 is 1.91 bits per heavy atom. The second-order valence-electron chi connectivity index (χ2n) is 7.03. The maximum atomic E-state index is 12.1. The van der Waals surface area contributed by atoms with Gasteiger partial charge in [-0.05, 0) is 11.0 Å². The van der Waals surface area contributed by atoms with Crippen molar-refractivity contribution in [2.45, 2.75) is 32.7 Å². The maximum absolute atomic E-state index is 12.1. The van der Waals surface area contributed by atoms with Crippen molar-refractivity contribution < 1.29 is 14.5 Å². The Balaban J connectivity index is 1.90. The van der Waals surface area contributed by atoms with Crippen molar-refractivity contribution in [3.8, 4) is 0 Å². The highest BCUT2D eigenvalue weighted by Gasteiger charge is 2.28. The Hall–Kier alpha value is -1.88. The quantitative estimate of drug-likeness (QED) is 0.853. The minimum Gasteiger partial charge on any atom is -0.336 e. The third-order valence-corrected chi connectivity index (χ3v) is 3.94. The van der Waals surface area contributed by atoms with Gasteiger partial charge >= 0.3 is 6.03 Å². The smallest absolute Gasteiger partial charge is 0.324 e. The molecule has 0 aromatic heterocycles. The molecule has 1 heterocycles. The van der Waals surface area contributed by atoms with E-state index in [1.54, 1.807) is 0 Å². The van der Waals surface area contributed by atoms with E-state index in [9.17, 15) is 9.59 Å². The Morgan fingerprint density at radius 3 is 2.41 bits per heavy atom. The van der Waals surface area contributed by atoms with Crippen LogP contribution >= 0.6 is 0 Å². The highest BCUT2D eigenvalue weighted by atomic mass is 16.2. The summed E-state index contributed by atoms with van der Waals surface area (Å²) >= 11 is 0. The number of nitrogens with one attached hydrogen (secondary N) is 2. The molecule has 1 aromatic carbocycles. The van der Waals surface area contributed by atoms with Gasteiger partial charge in [-0.2, -0.15) is 0 Å². The molecular formula is C17H26N3O2+. The highest BCUT2D eigenvalue weighted by molar-refractivity contribution is 5.96. The number of imide groups is 1. The molecule has 1 aliphatic heterocycles. The molecule has 0 spiro atoms. The Bertz CT molecular complexity index is 546. The normalized spacial score (nSPS) is 16.5. The van der Waals surface area contributed by atoms with Crippen LogP contribution in [0.15, 0.2) is 24.3 Å². The van der Waals surface area contributed by atoms with Crippen molar-refractivity contribution in [2.75, 3.05) is 26.7 Å². The van der Waals surface area contributed by atoms with Crippen LogP contribution in [0.2, 0.25) is 0 Å². The van der Waals surface area contributed by atoms with Crippen molar-refractivity contribution in [1.82, 2.24) is 10.2 Å². The van der Waals surface area contributed by atoms with Gasteiger partial charge in [0.2, 0.25) is 0 Å². The number of rotatable bonds is 4. The number of likely N-dealkylation sites (N-methyl/N-ethyl adjacent to an activating group) is 1. The fraction of sp³-hybridized carbons (Fsp3) is 0.529. The molecule has 1 saturated heterocycles. The summed E-state index contributed by atoms with van der Waals surface area (Å²) in [4.78, 5) is 25.9. The van der Waals surface area contributed by atoms with E-state index in [-0.39, 0.29) is 17.4 Å². The Labute approximate surface area is 132 Å². The SMILES string of the molecule is C[NH+](CC(=O)N1CCNC1=O)Cc1ccc(C(C)(C)C)cc1. The van der Waals surface area contributed by atoms with Gasteiger partial charge in [0.15, 0.2) is 6.54 Å². The third-order valence-electron chi connectivity index (χ3n) is 3.94. The average molecular weight is 304 g/mol. The highest BCUT2D eigenvalue weighted by Crippen LogP contribution is 2.21. The monoisotopic (exact) mass is 304 g/mol. The van der Waals surface area contributed by atoms with Crippen molar-refractivity contribution in [2.24, 2.45) is 0 Å². The lowest BCUT2D eigenvalue weighted by Gasteiger charge is -2.20. The zero-order valence-electron chi connectivity index (χ0n) is 13.9. The van der Waals surface area contributed by atoms with Crippen LogP contribution in [-0.4, -0.2) is 43.5 Å². The molecule has 0 saturated carbocycles. The molecule has 1 aliphatic rings. The van der Waals surface area contributed by atoms with Crippen LogP contribution in [0, 0.1) is 0 Å². The summed E-state index contributed by atoms with van der Waals surface area (Å²) in [5.41, 5.74) is 2.65. The predicted molar refractivity (Wildman–Crippen MR) is 85.7 cm³/mol. The van der Waals surface area contributed by atoms with Crippen LogP contribution in [-0.2, 0) is 16.8 Å². The molecule has 1 atom stereocenters. The lowest BCUT2D eigenvalue weighted by molar-refractivity contribution is -0.885. The zero-order chi connectivity index (χ0) is 16.3. The number of carbonyl (C=O) groups excluding carboxylic acids is 2. The van der Waals surface area contributed by atoms with Crippen LogP contribution in [0.1, 0.15) is 31.9 Å². The van der Waals surface area contributed by atoms with Gasteiger partial charge < -0.3 is 10.2 Å². The summed E-state index contributed by atoms with van der Waals surface area (Å²) in [6, 6.07) is 8.28. The van der Waals surface area contributed by atoms with Crippen LogP contribution in [0.25, 0.3) is 0 Å². The molecular weight excluding hydrogens is 278 g/mol. The molecule has 0 aliphatic carbocycles. The molecule has 1 unspecified atom stereocenters. The number of quaternary nitrogens is 1.